The van der Waals surface area contributed by atoms with Crippen molar-refractivity contribution in [3.63, 3.8) is 0 Å². The van der Waals surface area contributed by atoms with Gasteiger partial charge in [0, 0.05) is 38.2 Å². The molecule has 41 heavy (non-hydrogen) atoms. The smallest absolute Gasteiger partial charge is 0.434 e. The summed E-state index contributed by atoms with van der Waals surface area (Å²) in [5, 5.41) is 2.72. The summed E-state index contributed by atoms with van der Waals surface area (Å²) in [6.07, 6.45) is -19.4. The molecule has 3 rings (SSSR count). The molecule has 2 aliphatic rings. The summed E-state index contributed by atoms with van der Waals surface area (Å²) in [4.78, 5) is 27.2. The molecule has 0 radical (unpaired) electrons. The number of alkyl halides is 9. The molecule has 1 aliphatic carbocycles. The Bertz CT molecular complexity index is 1040. The third-order valence-electron chi connectivity index (χ3n) is 7.33. The van der Waals surface area contributed by atoms with Crippen molar-refractivity contribution in [3.05, 3.63) is 34.9 Å². The number of esters is 2. The molecule has 2 atom stereocenters. The van der Waals surface area contributed by atoms with Crippen molar-refractivity contribution in [1.82, 2.24) is 10.2 Å². The van der Waals surface area contributed by atoms with E-state index in [4.69, 9.17) is 4.74 Å². The number of piperazine rings is 1. The second-order valence-corrected chi connectivity index (χ2v) is 10.2. The number of nitrogens with zero attached hydrogens (tertiary/aromatic N) is 1. The molecular weight excluding hydrogens is 575 g/mol. The minimum absolute atomic E-state index is 0.0288. The number of rotatable bonds is 10. The van der Waals surface area contributed by atoms with Crippen LogP contribution < -0.4 is 5.32 Å². The van der Waals surface area contributed by atoms with Gasteiger partial charge in [0.1, 0.15) is 6.04 Å². The fraction of sp³-hybridized carbons (Fsp3) is 0.692. The normalized spacial score (nSPS) is 20.8. The van der Waals surface area contributed by atoms with Crippen LogP contribution in [0.3, 0.4) is 0 Å². The number of halogens is 9. The lowest BCUT2D eigenvalue weighted by atomic mass is 9.75. The second kappa shape index (κ2) is 13.2. The van der Waals surface area contributed by atoms with Crippen molar-refractivity contribution in [2.75, 3.05) is 19.6 Å². The zero-order valence-corrected chi connectivity index (χ0v) is 22.1. The van der Waals surface area contributed by atoms with Crippen molar-refractivity contribution >= 4 is 11.9 Å². The number of carbonyl (C=O) groups is 2. The van der Waals surface area contributed by atoms with Gasteiger partial charge >= 0.3 is 24.3 Å². The van der Waals surface area contributed by atoms with Gasteiger partial charge in [-0.15, -0.1) is 0 Å². The van der Waals surface area contributed by atoms with Gasteiger partial charge in [-0.3, -0.25) is 14.5 Å². The van der Waals surface area contributed by atoms with Crippen LogP contribution in [0, 0.1) is 0 Å². The van der Waals surface area contributed by atoms with E-state index in [0.717, 1.165) is 12.1 Å². The Morgan fingerprint density at radius 2 is 1.68 bits per heavy atom. The quantitative estimate of drug-likeness (QED) is 0.265. The highest BCUT2D eigenvalue weighted by atomic mass is 19.4. The van der Waals surface area contributed by atoms with Crippen molar-refractivity contribution in [2.24, 2.45) is 0 Å². The van der Waals surface area contributed by atoms with E-state index in [1.807, 2.05) is 0 Å². The summed E-state index contributed by atoms with van der Waals surface area (Å²) < 4.78 is 129. The molecule has 0 amide bonds. The van der Waals surface area contributed by atoms with Gasteiger partial charge in [-0.25, -0.2) is 13.2 Å². The molecule has 0 bridgehead atoms. The standard InChI is InChI=1S/C26H31F9N2O4/c1-2-5-19(27)40-23(39)24(8-3-4-9-24)17-12-15(20(28)29)6-7-16(17)14-37-11-10-36-13-18(37)21(38)41-22(25(30,31)32)26(33,34)35/h6-7,12,18-20,22,36H,2-5,8-11,13-14H2,1H3. The van der Waals surface area contributed by atoms with E-state index < -0.39 is 60.2 Å². The third-order valence-corrected chi connectivity index (χ3v) is 7.33. The van der Waals surface area contributed by atoms with Gasteiger partial charge in [-0.05, 0) is 36.5 Å². The van der Waals surface area contributed by atoms with Crippen LogP contribution in [0.4, 0.5) is 39.5 Å². The van der Waals surface area contributed by atoms with Gasteiger partial charge in [-0.2, -0.15) is 26.3 Å². The summed E-state index contributed by atoms with van der Waals surface area (Å²) in [5.41, 5.74) is -1.62. The molecule has 1 saturated heterocycles. The molecule has 232 valence electrons. The van der Waals surface area contributed by atoms with E-state index in [-0.39, 0.29) is 56.6 Å². The highest BCUT2D eigenvalue weighted by Gasteiger charge is 2.60. The van der Waals surface area contributed by atoms with Crippen LogP contribution in [0.5, 0.6) is 0 Å². The molecule has 1 N–H and O–H groups in total. The molecule has 1 saturated carbocycles. The van der Waals surface area contributed by atoms with Crippen molar-refractivity contribution < 1.29 is 58.6 Å². The maximum Gasteiger partial charge on any atom is 0.434 e. The largest absolute Gasteiger partial charge is 0.442 e. The molecule has 0 spiro atoms. The molecule has 2 fully saturated rings. The molecular formula is C26H31F9N2O4. The van der Waals surface area contributed by atoms with Crippen LogP contribution in [-0.2, 0) is 31.0 Å². The Kier molecular flexibility index (Phi) is 10.6. The Balaban J connectivity index is 1.97. The minimum Gasteiger partial charge on any atom is -0.442 e. The summed E-state index contributed by atoms with van der Waals surface area (Å²) in [7, 11) is 0. The highest BCUT2D eigenvalue weighted by Crippen LogP contribution is 2.45. The SMILES string of the molecule is CCCC(F)OC(=O)C1(c2cc(C(F)F)ccc2CN2CCNCC2C(=O)OC(C(F)(F)F)C(F)(F)F)CCCC1. The first-order valence-electron chi connectivity index (χ1n) is 13.2. The van der Waals surface area contributed by atoms with E-state index in [2.05, 4.69) is 10.1 Å². The average Bonchev–Trinajstić information content (AvgIpc) is 3.37. The maximum absolute atomic E-state index is 14.3. The summed E-state index contributed by atoms with van der Waals surface area (Å²) in [6.45, 7) is 1.20. The molecule has 1 aliphatic heterocycles. The van der Waals surface area contributed by atoms with Gasteiger partial charge in [0.05, 0.1) is 5.41 Å². The number of hydrogen-bond donors (Lipinski definition) is 1. The van der Waals surface area contributed by atoms with Gasteiger partial charge in [0.15, 0.2) is 0 Å². The monoisotopic (exact) mass is 606 g/mol. The van der Waals surface area contributed by atoms with Gasteiger partial charge in [-0.1, -0.05) is 31.9 Å². The first-order chi connectivity index (χ1) is 19.1. The van der Waals surface area contributed by atoms with E-state index >= 15 is 0 Å². The van der Waals surface area contributed by atoms with Crippen molar-refractivity contribution in [3.8, 4) is 0 Å². The fourth-order valence-electron chi connectivity index (χ4n) is 5.29. The fourth-order valence-corrected chi connectivity index (χ4v) is 5.29. The van der Waals surface area contributed by atoms with E-state index in [9.17, 15) is 49.1 Å². The van der Waals surface area contributed by atoms with Gasteiger partial charge < -0.3 is 14.8 Å². The molecule has 0 aromatic heterocycles. The van der Waals surface area contributed by atoms with Crippen LogP contribution in [0.1, 0.15) is 68.6 Å². The molecule has 1 aromatic rings. The number of hydrogen-bond acceptors (Lipinski definition) is 6. The van der Waals surface area contributed by atoms with Crippen molar-refractivity contribution in [1.29, 1.82) is 0 Å². The number of carbonyl (C=O) groups excluding carboxylic acids is 2. The summed E-state index contributed by atoms with van der Waals surface area (Å²) >= 11 is 0. The highest BCUT2D eigenvalue weighted by molar-refractivity contribution is 5.84. The molecule has 15 heteroatoms. The second-order valence-electron chi connectivity index (χ2n) is 10.2. The molecule has 2 unspecified atom stereocenters. The lowest BCUT2D eigenvalue weighted by Gasteiger charge is -2.37. The van der Waals surface area contributed by atoms with E-state index in [1.54, 1.807) is 6.92 Å². The van der Waals surface area contributed by atoms with Crippen LogP contribution in [0.15, 0.2) is 18.2 Å². The third kappa shape index (κ3) is 7.85. The van der Waals surface area contributed by atoms with Crippen molar-refractivity contribution in [2.45, 2.75) is 94.7 Å². The number of ether oxygens (including phenoxy) is 2. The lowest BCUT2D eigenvalue weighted by molar-refractivity contribution is -0.314. The zero-order valence-electron chi connectivity index (χ0n) is 22.1. The Morgan fingerprint density at radius 3 is 2.24 bits per heavy atom. The Labute approximate surface area is 230 Å². The topological polar surface area (TPSA) is 67.9 Å². The predicted molar refractivity (Wildman–Crippen MR) is 126 cm³/mol. The Morgan fingerprint density at radius 1 is 1.05 bits per heavy atom. The van der Waals surface area contributed by atoms with Gasteiger partial charge in [0.25, 0.3) is 12.5 Å². The molecule has 1 heterocycles. The number of benzene rings is 1. The molecule has 1 aromatic carbocycles. The maximum atomic E-state index is 14.3. The number of nitrogens with one attached hydrogen (secondary N) is 1. The van der Waals surface area contributed by atoms with Crippen LogP contribution >= 0.6 is 0 Å². The van der Waals surface area contributed by atoms with Crippen LogP contribution in [-0.4, -0.2) is 67.3 Å². The van der Waals surface area contributed by atoms with Gasteiger partial charge in [0.2, 0.25) is 6.36 Å². The Hall–Kier alpha value is -2.55. The predicted octanol–water partition coefficient (Wildman–Crippen LogP) is 5.89. The van der Waals surface area contributed by atoms with E-state index in [1.165, 1.54) is 11.0 Å². The first kappa shape index (κ1) is 33.0. The van der Waals surface area contributed by atoms with Crippen LogP contribution in [0.25, 0.3) is 0 Å². The first-order valence-corrected chi connectivity index (χ1v) is 13.2. The zero-order chi connectivity index (χ0) is 30.6. The summed E-state index contributed by atoms with van der Waals surface area (Å²) in [5.74, 6) is -2.73. The van der Waals surface area contributed by atoms with E-state index in [0.29, 0.717) is 19.3 Å². The molecule has 6 nitrogen and oxygen atoms in total. The lowest BCUT2D eigenvalue weighted by Crippen LogP contribution is -2.57. The summed E-state index contributed by atoms with van der Waals surface area (Å²) in [6, 6.07) is 1.84. The average molecular weight is 607 g/mol. The minimum atomic E-state index is -5.90. The van der Waals surface area contributed by atoms with Crippen LogP contribution in [0.2, 0.25) is 0 Å².